The molecule has 1 aromatic carbocycles. The highest BCUT2D eigenvalue weighted by Crippen LogP contribution is 2.38. The van der Waals surface area contributed by atoms with Crippen LogP contribution in [0, 0.1) is 12.3 Å². The number of carbonyl (C=O) groups excluding carboxylic acids is 1. The number of hydrogen-bond acceptors (Lipinski definition) is 3. The van der Waals surface area contributed by atoms with E-state index in [1.165, 1.54) is 30.7 Å². The lowest BCUT2D eigenvalue weighted by Gasteiger charge is -2.31. The van der Waals surface area contributed by atoms with E-state index in [-0.39, 0.29) is 11.5 Å². The Balaban J connectivity index is 1.59. The molecular formula is C24H31N3O2. The van der Waals surface area contributed by atoms with Crippen LogP contribution < -0.4 is 5.32 Å². The molecule has 154 valence electrons. The Labute approximate surface area is 173 Å². The highest BCUT2D eigenvalue weighted by molar-refractivity contribution is 6.03. The Bertz CT molecular complexity index is 906. The van der Waals surface area contributed by atoms with E-state index in [1.54, 1.807) is 0 Å². The molecule has 2 aliphatic carbocycles. The monoisotopic (exact) mass is 393 g/mol. The molecule has 1 heterocycles. The molecule has 0 bridgehead atoms. The second kappa shape index (κ2) is 8.05. The van der Waals surface area contributed by atoms with Crippen LogP contribution in [0.1, 0.15) is 69.3 Å². The zero-order valence-corrected chi connectivity index (χ0v) is 17.7. The summed E-state index contributed by atoms with van der Waals surface area (Å²) in [6, 6.07) is 12.8. The average molecular weight is 394 g/mol. The van der Waals surface area contributed by atoms with Crippen LogP contribution in [0.3, 0.4) is 0 Å². The number of nitrogens with one attached hydrogen (secondary N) is 1. The Hall–Kier alpha value is -2.56. The quantitative estimate of drug-likeness (QED) is 0.551. The fourth-order valence-electron chi connectivity index (χ4n) is 4.73. The summed E-state index contributed by atoms with van der Waals surface area (Å²) in [5.74, 6) is 0. The number of fused-ring (bicyclic) bond motifs is 1. The van der Waals surface area contributed by atoms with Crippen LogP contribution in [-0.2, 0) is 11.3 Å². The van der Waals surface area contributed by atoms with Gasteiger partial charge in [0.05, 0.1) is 5.71 Å². The van der Waals surface area contributed by atoms with Crippen molar-refractivity contribution in [3.05, 3.63) is 53.3 Å². The van der Waals surface area contributed by atoms with Gasteiger partial charge in [-0.05, 0) is 56.2 Å². The summed E-state index contributed by atoms with van der Waals surface area (Å²) in [5, 5.41) is 7.30. The minimum absolute atomic E-state index is 0.0480. The molecule has 0 aliphatic heterocycles. The number of amides is 1. The first-order valence-electron chi connectivity index (χ1n) is 10.7. The number of nitrogens with zero attached hydrogens (tertiary/aromatic N) is 2. The smallest absolute Gasteiger partial charge is 0.318 e. The van der Waals surface area contributed by atoms with Crippen molar-refractivity contribution in [2.75, 3.05) is 0 Å². The summed E-state index contributed by atoms with van der Waals surface area (Å²) < 4.78 is 2.30. The van der Waals surface area contributed by atoms with Gasteiger partial charge in [0, 0.05) is 28.7 Å². The predicted molar refractivity (Wildman–Crippen MR) is 116 cm³/mol. The fraction of sp³-hybridized carbons (Fsp3) is 0.500. The number of oxime groups is 1. The molecule has 1 N–H and O–H groups in total. The normalized spacial score (nSPS) is 20.3. The molecule has 1 fully saturated rings. The number of rotatable bonds is 3. The van der Waals surface area contributed by atoms with E-state index in [0.29, 0.717) is 0 Å². The Morgan fingerprint density at radius 2 is 1.86 bits per heavy atom. The minimum atomic E-state index is -0.437. The van der Waals surface area contributed by atoms with Crippen molar-refractivity contribution in [1.82, 2.24) is 9.88 Å². The second-order valence-corrected chi connectivity index (χ2v) is 9.23. The molecule has 5 nitrogen and oxygen atoms in total. The van der Waals surface area contributed by atoms with E-state index in [9.17, 15) is 4.79 Å². The largest absolute Gasteiger partial charge is 0.433 e. The van der Waals surface area contributed by atoms with Crippen LogP contribution in [0.4, 0.5) is 4.79 Å². The predicted octanol–water partition coefficient (Wildman–Crippen LogP) is 5.52. The lowest BCUT2D eigenvalue weighted by molar-refractivity contribution is 0.142. The summed E-state index contributed by atoms with van der Waals surface area (Å²) in [5.41, 5.74) is 5.55. The van der Waals surface area contributed by atoms with Gasteiger partial charge in [0.1, 0.15) is 0 Å². The average Bonchev–Trinajstić information content (AvgIpc) is 3.02. The van der Waals surface area contributed by atoms with Crippen molar-refractivity contribution in [2.45, 2.75) is 71.8 Å². The van der Waals surface area contributed by atoms with Gasteiger partial charge in [-0.2, -0.15) is 0 Å². The molecule has 0 unspecified atom stereocenters. The molecule has 5 heteroatoms. The molecule has 1 saturated carbocycles. The maximum Gasteiger partial charge on any atom is 0.433 e. The first-order valence-corrected chi connectivity index (χ1v) is 10.7. The van der Waals surface area contributed by atoms with E-state index < -0.39 is 6.09 Å². The zero-order valence-electron chi connectivity index (χ0n) is 17.7. The molecule has 4 rings (SSSR count). The molecule has 0 radical (unpaired) electrons. The first kappa shape index (κ1) is 19.7. The van der Waals surface area contributed by atoms with Crippen molar-refractivity contribution >= 4 is 11.8 Å². The van der Waals surface area contributed by atoms with Crippen molar-refractivity contribution in [3.8, 4) is 5.69 Å². The van der Waals surface area contributed by atoms with Crippen molar-refractivity contribution < 1.29 is 9.63 Å². The third-order valence-electron chi connectivity index (χ3n) is 6.07. The molecule has 0 saturated heterocycles. The third-order valence-corrected chi connectivity index (χ3v) is 6.07. The molecule has 1 aromatic heterocycles. The van der Waals surface area contributed by atoms with Gasteiger partial charge in [-0.3, -0.25) is 4.84 Å². The van der Waals surface area contributed by atoms with Gasteiger partial charge in [-0.15, -0.1) is 0 Å². The Morgan fingerprint density at radius 3 is 2.59 bits per heavy atom. The minimum Gasteiger partial charge on any atom is -0.318 e. The molecular weight excluding hydrogens is 362 g/mol. The van der Waals surface area contributed by atoms with E-state index in [4.69, 9.17) is 4.84 Å². The Morgan fingerprint density at radius 1 is 1.14 bits per heavy atom. The number of carbonyl (C=O) groups is 1. The summed E-state index contributed by atoms with van der Waals surface area (Å²) in [7, 11) is 0. The summed E-state index contributed by atoms with van der Waals surface area (Å²) in [6.07, 6.45) is 6.96. The Kier molecular flexibility index (Phi) is 5.48. The standard InChI is InChI=1S/C24H31N3O2/c1-17-14-20-21(26-29-23(28)25-18-10-6-4-7-11-18)15-24(2,3)16-22(20)27(17)19-12-8-5-9-13-19/h5,8-9,12-14,18H,4,6-7,10-11,15-16H2,1-3H3,(H,25,28)/b26-21+. The van der Waals surface area contributed by atoms with Gasteiger partial charge in [0.25, 0.3) is 0 Å². The lowest BCUT2D eigenvalue weighted by atomic mass is 9.76. The summed E-state index contributed by atoms with van der Waals surface area (Å²) >= 11 is 0. The topological polar surface area (TPSA) is 55.6 Å². The van der Waals surface area contributed by atoms with E-state index in [1.807, 2.05) is 6.07 Å². The van der Waals surface area contributed by atoms with Crippen LogP contribution in [-0.4, -0.2) is 22.4 Å². The van der Waals surface area contributed by atoms with Crippen molar-refractivity contribution in [2.24, 2.45) is 10.6 Å². The van der Waals surface area contributed by atoms with Gasteiger partial charge in [-0.1, -0.05) is 56.5 Å². The first-order chi connectivity index (χ1) is 13.9. The number of aromatic nitrogens is 1. The van der Waals surface area contributed by atoms with Gasteiger partial charge < -0.3 is 9.88 Å². The van der Waals surface area contributed by atoms with Crippen LogP contribution in [0.5, 0.6) is 0 Å². The molecule has 2 aromatic rings. The van der Waals surface area contributed by atoms with E-state index in [0.717, 1.165) is 42.6 Å². The van der Waals surface area contributed by atoms with Crippen molar-refractivity contribution in [3.63, 3.8) is 0 Å². The van der Waals surface area contributed by atoms with Gasteiger partial charge in [0.2, 0.25) is 0 Å². The SMILES string of the molecule is Cc1cc2c(n1-c1ccccc1)CC(C)(C)C/C2=N\OC(=O)NC1CCCCC1. The molecule has 29 heavy (non-hydrogen) atoms. The summed E-state index contributed by atoms with van der Waals surface area (Å²) in [4.78, 5) is 17.6. The number of para-hydroxylation sites is 1. The highest BCUT2D eigenvalue weighted by atomic mass is 16.7. The van der Waals surface area contributed by atoms with Gasteiger partial charge in [0.15, 0.2) is 0 Å². The second-order valence-electron chi connectivity index (χ2n) is 9.23. The van der Waals surface area contributed by atoms with Crippen LogP contribution >= 0.6 is 0 Å². The van der Waals surface area contributed by atoms with Crippen LogP contribution in [0.25, 0.3) is 5.69 Å². The molecule has 2 aliphatic rings. The van der Waals surface area contributed by atoms with Crippen LogP contribution in [0.2, 0.25) is 0 Å². The molecule has 0 atom stereocenters. The number of hydrogen-bond donors (Lipinski definition) is 1. The third kappa shape index (κ3) is 4.39. The lowest BCUT2D eigenvalue weighted by Crippen LogP contribution is -2.36. The maximum atomic E-state index is 12.3. The fourth-order valence-corrected chi connectivity index (χ4v) is 4.73. The van der Waals surface area contributed by atoms with E-state index in [2.05, 4.69) is 66.1 Å². The maximum absolute atomic E-state index is 12.3. The van der Waals surface area contributed by atoms with Crippen LogP contribution in [0.15, 0.2) is 41.6 Å². The van der Waals surface area contributed by atoms with E-state index >= 15 is 0 Å². The van der Waals surface area contributed by atoms with Gasteiger partial charge in [-0.25, -0.2) is 4.79 Å². The highest BCUT2D eigenvalue weighted by Gasteiger charge is 2.33. The van der Waals surface area contributed by atoms with Crippen molar-refractivity contribution in [1.29, 1.82) is 0 Å². The van der Waals surface area contributed by atoms with Gasteiger partial charge >= 0.3 is 6.09 Å². The number of benzene rings is 1. The number of aryl methyl sites for hydroxylation is 1. The zero-order chi connectivity index (χ0) is 20.4. The molecule has 0 spiro atoms. The molecule has 1 amide bonds. The summed E-state index contributed by atoms with van der Waals surface area (Å²) in [6.45, 7) is 6.60.